The van der Waals surface area contributed by atoms with E-state index in [1.807, 2.05) is 0 Å². The Morgan fingerprint density at radius 2 is 1.83 bits per heavy atom. The Bertz CT molecular complexity index is 821. The normalized spacial score (nSPS) is 10.0. The summed E-state index contributed by atoms with van der Waals surface area (Å²) in [5.41, 5.74) is 7.91. The van der Waals surface area contributed by atoms with Crippen LogP contribution in [0.15, 0.2) is 36.4 Å². The molecule has 0 heterocycles. The molecule has 124 valence electrons. The lowest BCUT2D eigenvalue weighted by molar-refractivity contribution is -0.393. The van der Waals surface area contributed by atoms with Crippen LogP contribution in [0.3, 0.4) is 0 Å². The number of carbonyl (C=O) groups is 1. The molecule has 0 aromatic heterocycles. The number of halogens is 1. The Morgan fingerprint density at radius 1 is 1.12 bits per heavy atom. The summed E-state index contributed by atoms with van der Waals surface area (Å²) < 4.78 is 13.6. The topological polar surface area (TPSA) is 153 Å². The summed E-state index contributed by atoms with van der Waals surface area (Å²) >= 11 is 0. The first-order chi connectivity index (χ1) is 11.3. The molecule has 0 radical (unpaired) electrons. The van der Waals surface area contributed by atoms with Crippen LogP contribution in [0, 0.1) is 26.0 Å². The van der Waals surface area contributed by atoms with Crippen LogP contribution in [-0.4, -0.2) is 15.8 Å². The van der Waals surface area contributed by atoms with Crippen LogP contribution in [0.25, 0.3) is 0 Å². The van der Waals surface area contributed by atoms with Crippen LogP contribution < -0.4 is 16.6 Å². The Balaban J connectivity index is 2.24. The Kier molecular flexibility index (Phi) is 4.54. The van der Waals surface area contributed by atoms with Gasteiger partial charge in [0, 0.05) is 11.8 Å². The summed E-state index contributed by atoms with van der Waals surface area (Å²) in [5.74, 6) is -1.83. The fraction of sp³-hybridized carbons (Fsp3) is 0. The van der Waals surface area contributed by atoms with Crippen LogP contribution in [-0.2, 0) is 0 Å². The number of rotatable bonds is 5. The monoisotopic (exact) mass is 335 g/mol. The van der Waals surface area contributed by atoms with Gasteiger partial charge in [-0.15, -0.1) is 0 Å². The molecule has 0 saturated carbocycles. The second-order valence-corrected chi connectivity index (χ2v) is 4.50. The van der Waals surface area contributed by atoms with E-state index >= 15 is 0 Å². The summed E-state index contributed by atoms with van der Waals surface area (Å²) in [7, 11) is 0. The number of hydrogen-bond donors (Lipinski definition) is 3. The number of hydrazine groups is 1. The SMILES string of the molecule is Nc1cccc(F)c1C(=O)NNc1ccc([N+](=O)[O-])cc1[N+](=O)[O-]. The first-order valence-electron chi connectivity index (χ1n) is 6.34. The number of nitro benzene ring substituents is 2. The number of nitrogens with two attached hydrogens (primary N) is 1. The standard InChI is InChI=1S/C13H10FN5O5/c14-8-2-1-3-9(15)12(8)13(20)17-16-10-5-4-7(18(21)22)6-11(10)19(23)24/h1-6,16H,15H2,(H,17,20). The van der Waals surface area contributed by atoms with E-state index in [2.05, 4.69) is 10.9 Å². The fourth-order valence-corrected chi connectivity index (χ4v) is 1.86. The van der Waals surface area contributed by atoms with Crippen molar-refractivity contribution in [1.82, 2.24) is 5.43 Å². The molecule has 11 heteroatoms. The number of non-ortho nitro benzene ring substituents is 1. The summed E-state index contributed by atoms with van der Waals surface area (Å²) in [6.07, 6.45) is 0. The van der Waals surface area contributed by atoms with Gasteiger partial charge in [0.05, 0.1) is 21.5 Å². The molecule has 0 spiro atoms. The molecule has 0 atom stereocenters. The average Bonchev–Trinajstić information content (AvgIpc) is 2.52. The highest BCUT2D eigenvalue weighted by Crippen LogP contribution is 2.28. The molecular formula is C13H10FN5O5. The molecule has 2 aromatic carbocycles. The summed E-state index contributed by atoms with van der Waals surface area (Å²) in [4.78, 5) is 31.9. The lowest BCUT2D eigenvalue weighted by atomic mass is 10.1. The van der Waals surface area contributed by atoms with E-state index in [0.29, 0.717) is 0 Å². The van der Waals surface area contributed by atoms with Gasteiger partial charge in [-0.1, -0.05) is 6.07 Å². The Hall–Kier alpha value is -3.76. The van der Waals surface area contributed by atoms with Crippen molar-refractivity contribution in [2.24, 2.45) is 0 Å². The lowest BCUT2D eigenvalue weighted by Gasteiger charge is -2.10. The average molecular weight is 335 g/mol. The zero-order valence-corrected chi connectivity index (χ0v) is 11.9. The van der Waals surface area contributed by atoms with Crippen LogP contribution in [0.1, 0.15) is 10.4 Å². The molecule has 0 aliphatic heterocycles. The Labute approximate surface area is 133 Å². The lowest BCUT2D eigenvalue weighted by Crippen LogP contribution is -2.31. The number of hydrogen-bond acceptors (Lipinski definition) is 7. The molecule has 0 aliphatic rings. The maximum Gasteiger partial charge on any atom is 0.300 e. The van der Waals surface area contributed by atoms with Crippen LogP contribution in [0.2, 0.25) is 0 Å². The number of nitrogens with one attached hydrogen (secondary N) is 2. The highest BCUT2D eigenvalue weighted by atomic mass is 19.1. The molecule has 0 fully saturated rings. The number of nitrogens with zero attached hydrogens (tertiary/aromatic N) is 2. The van der Waals surface area contributed by atoms with Gasteiger partial charge in [0.2, 0.25) is 0 Å². The van der Waals surface area contributed by atoms with Crippen LogP contribution in [0.4, 0.5) is 27.1 Å². The van der Waals surface area contributed by atoms with Gasteiger partial charge in [0.1, 0.15) is 11.5 Å². The number of nitro groups is 2. The number of benzene rings is 2. The van der Waals surface area contributed by atoms with E-state index in [9.17, 15) is 29.4 Å². The minimum absolute atomic E-state index is 0.118. The molecule has 2 rings (SSSR count). The maximum atomic E-state index is 13.6. The second kappa shape index (κ2) is 6.56. The molecular weight excluding hydrogens is 325 g/mol. The molecule has 0 saturated heterocycles. The van der Waals surface area contributed by atoms with Crippen LogP contribution in [0.5, 0.6) is 0 Å². The highest BCUT2D eigenvalue weighted by Gasteiger charge is 2.21. The van der Waals surface area contributed by atoms with E-state index < -0.39 is 38.5 Å². The molecule has 1 amide bonds. The molecule has 0 unspecified atom stereocenters. The molecule has 10 nitrogen and oxygen atoms in total. The summed E-state index contributed by atoms with van der Waals surface area (Å²) in [5, 5.41) is 21.6. The first kappa shape index (κ1) is 16.6. The number of carbonyl (C=O) groups excluding carboxylic acids is 1. The Morgan fingerprint density at radius 3 is 2.42 bits per heavy atom. The third-order valence-electron chi connectivity index (χ3n) is 2.97. The predicted octanol–water partition coefficient (Wildman–Crippen LogP) is 1.98. The third-order valence-corrected chi connectivity index (χ3v) is 2.97. The summed E-state index contributed by atoms with van der Waals surface area (Å²) in [6.45, 7) is 0. The minimum Gasteiger partial charge on any atom is -0.398 e. The number of nitrogen functional groups attached to an aromatic ring is 1. The van der Waals surface area contributed by atoms with Crippen molar-refractivity contribution >= 4 is 28.7 Å². The van der Waals surface area contributed by atoms with Crippen LogP contribution >= 0.6 is 0 Å². The van der Waals surface area contributed by atoms with E-state index in [-0.39, 0.29) is 11.4 Å². The fourth-order valence-electron chi connectivity index (χ4n) is 1.86. The molecule has 0 bridgehead atoms. The predicted molar refractivity (Wildman–Crippen MR) is 81.7 cm³/mol. The molecule has 2 aromatic rings. The van der Waals surface area contributed by atoms with Crippen molar-refractivity contribution in [3.63, 3.8) is 0 Å². The number of amides is 1. The van der Waals surface area contributed by atoms with E-state index in [1.165, 1.54) is 12.1 Å². The van der Waals surface area contributed by atoms with E-state index in [0.717, 1.165) is 24.3 Å². The van der Waals surface area contributed by atoms with Crippen molar-refractivity contribution in [1.29, 1.82) is 0 Å². The van der Waals surface area contributed by atoms with Gasteiger partial charge in [-0.3, -0.25) is 35.9 Å². The first-order valence-corrected chi connectivity index (χ1v) is 6.34. The van der Waals surface area contributed by atoms with Gasteiger partial charge in [0.25, 0.3) is 11.6 Å². The smallest absolute Gasteiger partial charge is 0.300 e. The second-order valence-electron chi connectivity index (χ2n) is 4.50. The maximum absolute atomic E-state index is 13.6. The van der Waals surface area contributed by atoms with Crippen molar-refractivity contribution < 1.29 is 19.0 Å². The van der Waals surface area contributed by atoms with Gasteiger partial charge in [-0.05, 0) is 18.2 Å². The zero-order valence-electron chi connectivity index (χ0n) is 11.9. The number of anilines is 2. The van der Waals surface area contributed by atoms with Gasteiger partial charge in [0.15, 0.2) is 0 Å². The van der Waals surface area contributed by atoms with Crippen molar-refractivity contribution in [2.45, 2.75) is 0 Å². The quantitative estimate of drug-likeness (QED) is 0.429. The zero-order chi connectivity index (χ0) is 17.9. The van der Waals surface area contributed by atoms with E-state index in [4.69, 9.17) is 5.73 Å². The minimum atomic E-state index is -0.960. The van der Waals surface area contributed by atoms with Gasteiger partial charge >= 0.3 is 5.69 Å². The molecule has 4 N–H and O–H groups in total. The van der Waals surface area contributed by atoms with Gasteiger partial charge in [-0.2, -0.15) is 0 Å². The third kappa shape index (κ3) is 3.35. The highest BCUT2D eigenvalue weighted by molar-refractivity contribution is 6.00. The molecule has 24 heavy (non-hydrogen) atoms. The summed E-state index contributed by atoms with van der Waals surface area (Å²) in [6, 6.07) is 6.44. The van der Waals surface area contributed by atoms with E-state index in [1.54, 1.807) is 0 Å². The van der Waals surface area contributed by atoms with Crippen molar-refractivity contribution in [3.05, 3.63) is 68.0 Å². The van der Waals surface area contributed by atoms with Crippen molar-refractivity contribution in [3.8, 4) is 0 Å². The largest absolute Gasteiger partial charge is 0.398 e. The molecule has 0 aliphatic carbocycles. The van der Waals surface area contributed by atoms with Gasteiger partial charge in [-0.25, -0.2) is 4.39 Å². The van der Waals surface area contributed by atoms with Gasteiger partial charge < -0.3 is 5.73 Å². The van der Waals surface area contributed by atoms with Crippen molar-refractivity contribution in [2.75, 3.05) is 11.2 Å².